The molecule has 0 radical (unpaired) electrons. The number of nitrogens with two attached hydrogens (primary N) is 1. The van der Waals surface area contributed by atoms with Gasteiger partial charge >= 0.3 is 0 Å². The number of rotatable bonds is 7. The van der Waals surface area contributed by atoms with Crippen LogP contribution in [0, 0.1) is 12.3 Å². The molecular weight excluding hydrogens is 244 g/mol. The predicted molar refractivity (Wildman–Crippen MR) is 74.1 cm³/mol. The molecule has 0 aromatic carbocycles. The minimum atomic E-state index is -0.292. The Kier molecular flexibility index (Phi) is 5.35. The molecule has 0 amide bonds. The largest absolute Gasteiger partial charge is 0.444 e. The third-order valence-corrected chi connectivity index (χ3v) is 3.24. The normalized spacial score (nSPS) is 14.6. The Hall–Kier alpha value is -1.56. The van der Waals surface area contributed by atoms with E-state index < -0.39 is 0 Å². The molecule has 4 N–H and O–H groups in total. The second-order valence-corrected chi connectivity index (χ2v) is 5.46. The van der Waals surface area contributed by atoms with Gasteiger partial charge in [0.15, 0.2) is 0 Å². The van der Waals surface area contributed by atoms with Crippen LogP contribution in [-0.2, 0) is 0 Å². The van der Waals surface area contributed by atoms with Crippen molar-refractivity contribution < 1.29 is 9.62 Å². The lowest BCUT2D eigenvalue weighted by Gasteiger charge is -2.23. The van der Waals surface area contributed by atoms with E-state index in [0.717, 1.165) is 25.1 Å². The van der Waals surface area contributed by atoms with Crippen molar-refractivity contribution >= 4 is 5.84 Å². The van der Waals surface area contributed by atoms with Gasteiger partial charge in [0, 0.05) is 5.41 Å². The number of hydrogen-bond acceptors (Lipinski definition) is 5. The molecule has 19 heavy (non-hydrogen) atoms. The highest BCUT2D eigenvalue weighted by Gasteiger charge is 2.23. The Morgan fingerprint density at radius 1 is 1.63 bits per heavy atom. The number of aryl methyl sites for hydroxylation is 1. The maximum absolute atomic E-state index is 8.69. The smallest absolute Gasteiger partial charge is 0.211 e. The van der Waals surface area contributed by atoms with E-state index in [9.17, 15) is 0 Å². The summed E-state index contributed by atoms with van der Waals surface area (Å²) in [6.07, 6.45) is 3.48. The number of amidine groups is 1. The average Bonchev–Trinajstić information content (AvgIpc) is 2.80. The maximum atomic E-state index is 8.69. The van der Waals surface area contributed by atoms with E-state index in [1.807, 2.05) is 27.7 Å². The van der Waals surface area contributed by atoms with Gasteiger partial charge in [0.25, 0.3) is 0 Å². The first-order valence-corrected chi connectivity index (χ1v) is 6.50. The first-order chi connectivity index (χ1) is 8.86. The fraction of sp³-hybridized carbons (Fsp3) is 0.692. The molecule has 0 saturated heterocycles. The summed E-state index contributed by atoms with van der Waals surface area (Å²) in [4.78, 5) is 4.18. The van der Waals surface area contributed by atoms with Gasteiger partial charge in [-0.25, -0.2) is 4.98 Å². The summed E-state index contributed by atoms with van der Waals surface area (Å²) in [5.74, 6) is 1.79. The molecule has 0 aliphatic rings. The summed E-state index contributed by atoms with van der Waals surface area (Å²) in [6, 6.07) is 0.0840. The second kappa shape index (κ2) is 6.56. The first-order valence-electron chi connectivity index (χ1n) is 6.50. The molecule has 1 aromatic heterocycles. The van der Waals surface area contributed by atoms with Gasteiger partial charge in [-0.05, 0) is 33.2 Å². The van der Waals surface area contributed by atoms with Crippen LogP contribution in [0.1, 0.15) is 51.3 Å². The van der Waals surface area contributed by atoms with Crippen molar-refractivity contribution in [3.63, 3.8) is 0 Å². The molecule has 1 atom stereocenters. The Balaban J connectivity index is 2.31. The minimum Gasteiger partial charge on any atom is -0.444 e. The topological polar surface area (TPSA) is 96.7 Å². The van der Waals surface area contributed by atoms with Crippen LogP contribution in [0.25, 0.3) is 0 Å². The average molecular weight is 268 g/mol. The van der Waals surface area contributed by atoms with Gasteiger partial charge in [-0.2, -0.15) is 0 Å². The van der Waals surface area contributed by atoms with Crippen LogP contribution in [0.4, 0.5) is 0 Å². The maximum Gasteiger partial charge on any atom is 0.211 e. The van der Waals surface area contributed by atoms with Crippen LogP contribution in [-0.4, -0.2) is 22.6 Å². The van der Waals surface area contributed by atoms with Crippen molar-refractivity contribution in [3.8, 4) is 0 Å². The first kappa shape index (κ1) is 15.5. The lowest BCUT2D eigenvalue weighted by atomic mass is 9.86. The van der Waals surface area contributed by atoms with Crippen LogP contribution in [0.3, 0.4) is 0 Å². The SMILES string of the molecule is Cc1cnc(C(C)NCCCC(C)(C)/C(N)=N/O)o1. The highest BCUT2D eigenvalue weighted by Crippen LogP contribution is 2.22. The standard InChI is InChI=1S/C13H24N4O2/c1-9-8-16-11(19-9)10(2)15-7-5-6-13(3,4)12(14)17-18/h8,10,15,18H,5-7H2,1-4H3,(H2,14,17). The zero-order valence-corrected chi connectivity index (χ0v) is 12.1. The molecule has 6 heteroatoms. The Labute approximate surface area is 114 Å². The van der Waals surface area contributed by atoms with Gasteiger partial charge in [0.1, 0.15) is 11.6 Å². The molecular formula is C13H24N4O2. The monoisotopic (exact) mass is 268 g/mol. The summed E-state index contributed by atoms with van der Waals surface area (Å²) in [7, 11) is 0. The number of oxazole rings is 1. The molecule has 1 unspecified atom stereocenters. The molecule has 1 aromatic rings. The summed E-state index contributed by atoms with van der Waals surface area (Å²) >= 11 is 0. The van der Waals surface area contributed by atoms with E-state index in [4.69, 9.17) is 15.4 Å². The van der Waals surface area contributed by atoms with Crippen molar-refractivity contribution in [1.29, 1.82) is 0 Å². The number of hydrogen-bond donors (Lipinski definition) is 3. The van der Waals surface area contributed by atoms with Crippen molar-refractivity contribution in [1.82, 2.24) is 10.3 Å². The number of nitrogens with zero attached hydrogens (tertiary/aromatic N) is 2. The lowest BCUT2D eigenvalue weighted by molar-refractivity contribution is 0.304. The lowest BCUT2D eigenvalue weighted by Crippen LogP contribution is -2.33. The number of oxime groups is 1. The van der Waals surface area contributed by atoms with E-state index in [2.05, 4.69) is 15.5 Å². The van der Waals surface area contributed by atoms with Crippen molar-refractivity contribution in [3.05, 3.63) is 17.8 Å². The summed E-state index contributed by atoms with van der Waals surface area (Å²) < 4.78 is 5.45. The van der Waals surface area contributed by atoms with Crippen LogP contribution in [0.15, 0.2) is 15.8 Å². The molecule has 0 aliphatic carbocycles. The number of nitrogens with one attached hydrogen (secondary N) is 1. The van der Waals surface area contributed by atoms with Gasteiger partial charge in [0.2, 0.25) is 5.89 Å². The third kappa shape index (κ3) is 4.55. The quantitative estimate of drug-likeness (QED) is 0.231. The van der Waals surface area contributed by atoms with E-state index >= 15 is 0 Å². The highest BCUT2D eigenvalue weighted by molar-refractivity contribution is 5.85. The Morgan fingerprint density at radius 2 is 2.32 bits per heavy atom. The predicted octanol–water partition coefficient (Wildman–Crippen LogP) is 2.19. The Bertz CT molecular complexity index is 426. The van der Waals surface area contributed by atoms with Gasteiger partial charge in [-0.3, -0.25) is 0 Å². The van der Waals surface area contributed by atoms with E-state index in [-0.39, 0.29) is 17.3 Å². The molecule has 1 heterocycles. The number of aromatic nitrogens is 1. The van der Waals surface area contributed by atoms with E-state index in [1.165, 1.54) is 0 Å². The van der Waals surface area contributed by atoms with Crippen LogP contribution in [0.2, 0.25) is 0 Å². The molecule has 0 aliphatic heterocycles. The second-order valence-electron chi connectivity index (χ2n) is 5.46. The molecule has 0 saturated carbocycles. The fourth-order valence-electron chi connectivity index (χ4n) is 1.77. The molecule has 0 bridgehead atoms. The molecule has 0 fully saturated rings. The van der Waals surface area contributed by atoms with Crippen LogP contribution < -0.4 is 11.1 Å². The minimum absolute atomic E-state index is 0.0840. The Morgan fingerprint density at radius 3 is 2.84 bits per heavy atom. The molecule has 0 spiro atoms. The molecule has 1 rings (SSSR count). The van der Waals surface area contributed by atoms with Gasteiger partial charge in [-0.15, -0.1) is 0 Å². The van der Waals surface area contributed by atoms with Crippen molar-refractivity contribution in [2.75, 3.05) is 6.54 Å². The highest BCUT2D eigenvalue weighted by atomic mass is 16.4. The van der Waals surface area contributed by atoms with Gasteiger partial charge in [-0.1, -0.05) is 19.0 Å². The van der Waals surface area contributed by atoms with E-state index in [0.29, 0.717) is 5.89 Å². The summed E-state index contributed by atoms with van der Waals surface area (Å²) in [5.41, 5.74) is 5.35. The summed E-state index contributed by atoms with van der Waals surface area (Å²) in [6.45, 7) is 8.64. The zero-order chi connectivity index (χ0) is 14.5. The van der Waals surface area contributed by atoms with Crippen molar-refractivity contribution in [2.24, 2.45) is 16.3 Å². The van der Waals surface area contributed by atoms with Gasteiger partial charge in [0.05, 0.1) is 12.2 Å². The zero-order valence-electron chi connectivity index (χ0n) is 12.1. The fourth-order valence-corrected chi connectivity index (χ4v) is 1.77. The molecule has 108 valence electrons. The summed E-state index contributed by atoms with van der Waals surface area (Å²) in [5, 5.41) is 15.1. The van der Waals surface area contributed by atoms with Crippen molar-refractivity contribution in [2.45, 2.75) is 46.6 Å². The van der Waals surface area contributed by atoms with E-state index in [1.54, 1.807) is 6.20 Å². The third-order valence-electron chi connectivity index (χ3n) is 3.24. The van der Waals surface area contributed by atoms with Gasteiger partial charge < -0.3 is 20.7 Å². The van der Waals surface area contributed by atoms with Crippen LogP contribution >= 0.6 is 0 Å². The van der Waals surface area contributed by atoms with Crippen LogP contribution in [0.5, 0.6) is 0 Å². The molecule has 6 nitrogen and oxygen atoms in total.